The molecule has 0 aliphatic carbocycles. The van der Waals surface area contributed by atoms with Gasteiger partial charge in [-0.1, -0.05) is 74.7 Å². The Hall–Kier alpha value is -2.02. The van der Waals surface area contributed by atoms with E-state index in [0.717, 1.165) is 18.8 Å². The lowest BCUT2D eigenvalue weighted by Crippen LogP contribution is -1.98. The quantitative estimate of drug-likeness (QED) is 0.400. The van der Waals surface area contributed by atoms with Crippen LogP contribution in [0, 0.1) is 0 Å². The van der Waals surface area contributed by atoms with Crippen LogP contribution in [-0.4, -0.2) is 6.61 Å². The zero-order chi connectivity index (χ0) is 14.5. The fourth-order valence-electron chi connectivity index (χ4n) is 2.83. The SMILES string of the molecule is CCCCCCOc1c2ccccc2cc2ccccc12. The third kappa shape index (κ3) is 3.02. The van der Waals surface area contributed by atoms with Gasteiger partial charge in [0.2, 0.25) is 0 Å². The summed E-state index contributed by atoms with van der Waals surface area (Å²) in [7, 11) is 0. The van der Waals surface area contributed by atoms with Crippen LogP contribution >= 0.6 is 0 Å². The Morgan fingerprint density at radius 1 is 0.762 bits per heavy atom. The van der Waals surface area contributed by atoms with E-state index >= 15 is 0 Å². The maximum absolute atomic E-state index is 6.18. The minimum absolute atomic E-state index is 0.804. The first-order chi connectivity index (χ1) is 10.4. The molecule has 0 saturated carbocycles. The highest BCUT2D eigenvalue weighted by atomic mass is 16.5. The molecule has 1 nitrogen and oxygen atoms in total. The Balaban J connectivity index is 1.96. The molecule has 0 aliphatic heterocycles. The van der Waals surface area contributed by atoms with Crippen molar-refractivity contribution in [1.29, 1.82) is 0 Å². The molecule has 3 aromatic carbocycles. The maximum atomic E-state index is 6.18. The van der Waals surface area contributed by atoms with Crippen LogP contribution < -0.4 is 4.74 Å². The Bertz CT molecular complexity index is 676. The highest BCUT2D eigenvalue weighted by Gasteiger charge is 2.08. The van der Waals surface area contributed by atoms with Crippen LogP contribution in [0.15, 0.2) is 54.6 Å². The summed E-state index contributed by atoms with van der Waals surface area (Å²) < 4.78 is 6.18. The summed E-state index contributed by atoms with van der Waals surface area (Å²) in [5, 5.41) is 4.93. The molecule has 3 aromatic rings. The van der Waals surface area contributed by atoms with Crippen molar-refractivity contribution in [3.8, 4) is 5.75 Å². The zero-order valence-electron chi connectivity index (χ0n) is 12.6. The van der Waals surface area contributed by atoms with E-state index in [0.29, 0.717) is 0 Å². The average molecular weight is 278 g/mol. The van der Waals surface area contributed by atoms with Crippen LogP contribution in [0.2, 0.25) is 0 Å². The first-order valence-electron chi connectivity index (χ1n) is 7.93. The number of unbranched alkanes of at least 4 members (excludes halogenated alkanes) is 3. The number of hydrogen-bond acceptors (Lipinski definition) is 1. The molecule has 0 saturated heterocycles. The van der Waals surface area contributed by atoms with Gasteiger partial charge in [-0.15, -0.1) is 0 Å². The third-order valence-electron chi connectivity index (χ3n) is 3.97. The summed E-state index contributed by atoms with van der Waals surface area (Å²) in [6.45, 7) is 3.04. The van der Waals surface area contributed by atoms with Crippen molar-refractivity contribution in [3.63, 3.8) is 0 Å². The van der Waals surface area contributed by atoms with Crippen molar-refractivity contribution in [2.75, 3.05) is 6.61 Å². The molecule has 108 valence electrons. The number of benzene rings is 3. The van der Waals surface area contributed by atoms with Gasteiger partial charge in [-0.3, -0.25) is 0 Å². The van der Waals surface area contributed by atoms with E-state index in [9.17, 15) is 0 Å². The van der Waals surface area contributed by atoms with Crippen LogP contribution in [0.25, 0.3) is 21.5 Å². The number of rotatable bonds is 6. The number of fused-ring (bicyclic) bond motifs is 2. The molecule has 0 aliphatic rings. The summed E-state index contributed by atoms with van der Waals surface area (Å²) in [6.07, 6.45) is 4.93. The van der Waals surface area contributed by atoms with Crippen molar-refractivity contribution in [1.82, 2.24) is 0 Å². The van der Waals surface area contributed by atoms with Crippen LogP contribution in [0.1, 0.15) is 32.6 Å². The van der Waals surface area contributed by atoms with Gasteiger partial charge in [0.05, 0.1) is 6.61 Å². The van der Waals surface area contributed by atoms with Crippen LogP contribution in [0.3, 0.4) is 0 Å². The Labute approximate surface area is 126 Å². The minimum atomic E-state index is 0.804. The lowest BCUT2D eigenvalue weighted by atomic mass is 10.0. The molecule has 0 aromatic heterocycles. The summed E-state index contributed by atoms with van der Waals surface area (Å²) in [5.41, 5.74) is 0. The molecule has 0 radical (unpaired) electrons. The van der Waals surface area contributed by atoms with E-state index in [1.807, 2.05) is 0 Å². The van der Waals surface area contributed by atoms with Gasteiger partial charge in [-0.05, 0) is 23.3 Å². The molecule has 0 N–H and O–H groups in total. The van der Waals surface area contributed by atoms with Crippen molar-refractivity contribution in [3.05, 3.63) is 54.6 Å². The molecule has 0 bridgehead atoms. The smallest absolute Gasteiger partial charge is 0.134 e. The summed E-state index contributed by atoms with van der Waals surface area (Å²) in [5.74, 6) is 1.04. The molecule has 3 rings (SSSR count). The molecule has 0 unspecified atom stereocenters. The average Bonchev–Trinajstić information content (AvgIpc) is 2.53. The number of ether oxygens (including phenoxy) is 1. The van der Waals surface area contributed by atoms with Gasteiger partial charge in [0.15, 0.2) is 0 Å². The van der Waals surface area contributed by atoms with E-state index in [4.69, 9.17) is 4.74 Å². The Morgan fingerprint density at radius 2 is 1.38 bits per heavy atom. The lowest BCUT2D eigenvalue weighted by Gasteiger charge is -2.13. The van der Waals surface area contributed by atoms with E-state index in [1.165, 1.54) is 40.8 Å². The van der Waals surface area contributed by atoms with Crippen molar-refractivity contribution >= 4 is 21.5 Å². The van der Waals surface area contributed by atoms with Crippen molar-refractivity contribution in [2.45, 2.75) is 32.6 Å². The topological polar surface area (TPSA) is 9.23 Å². The van der Waals surface area contributed by atoms with Crippen LogP contribution in [0.5, 0.6) is 5.75 Å². The first-order valence-corrected chi connectivity index (χ1v) is 7.93. The minimum Gasteiger partial charge on any atom is -0.492 e. The molecule has 1 heteroatoms. The summed E-state index contributed by atoms with van der Waals surface area (Å²) >= 11 is 0. The van der Waals surface area contributed by atoms with Crippen molar-refractivity contribution < 1.29 is 4.74 Å². The van der Waals surface area contributed by atoms with E-state index < -0.39 is 0 Å². The second kappa shape index (κ2) is 6.62. The highest BCUT2D eigenvalue weighted by molar-refractivity contribution is 6.05. The summed E-state index contributed by atoms with van der Waals surface area (Å²) in [4.78, 5) is 0. The first kappa shape index (κ1) is 13.9. The molecule has 0 fully saturated rings. The van der Waals surface area contributed by atoms with E-state index in [2.05, 4.69) is 61.5 Å². The molecule has 0 spiro atoms. The predicted molar refractivity (Wildman–Crippen MR) is 91.1 cm³/mol. The van der Waals surface area contributed by atoms with Gasteiger partial charge < -0.3 is 4.74 Å². The summed E-state index contributed by atoms with van der Waals surface area (Å²) in [6, 6.07) is 19.2. The van der Waals surface area contributed by atoms with Crippen LogP contribution in [0.4, 0.5) is 0 Å². The van der Waals surface area contributed by atoms with Gasteiger partial charge >= 0.3 is 0 Å². The molecular formula is C20H22O. The maximum Gasteiger partial charge on any atom is 0.134 e. The lowest BCUT2D eigenvalue weighted by molar-refractivity contribution is 0.312. The van der Waals surface area contributed by atoms with Crippen molar-refractivity contribution in [2.24, 2.45) is 0 Å². The molecular weight excluding hydrogens is 256 g/mol. The van der Waals surface area contributed by atoms with Gasteiger partial charge in [-0.2, -0.15) is 0 Å². The van der Waals surface area contributed by atoms with Crippen LogP contribution in [-0.2, 0) is 0 Å². The largest absolute Gasteiger partial charge is 0.492 e. The van der Waals surface area contributed by atoms with Gasteiger partial charge in [0, 0.05) is 10.8 Å². The van der Waals surface area contributed by atoms with Gasteiger partial charge in [-0.25, -0.2) is 0 Å². The fourth-order valence-corrected chi connectivity index (χ4v) is 2.83. The van der Waals surface area contributed by atoms with E-state index in [1.54, 1.807) is 0 Å². The molecule has 0 atom stereocenters. The number of hydrogen-bond donors (Lipinski definition) is 0. The van der Waals surface area contributed by atoms with Gasteiger partial charge in [0.1, 0.15) is 5.75 Å². The Morgan fingerprint density at radius 3 is 2.00 bits per heavy atom. The highest BCUT2D eigenvalue weighted by Crippen LogP contribution is 2.34. The zero-order valence-corrected chi connectivity index (χ0v) is 12.6. The van der Waals surface area contributed by atoms with Gasteiger partial charge in [0.25, 0.3) is 0 Å². The second-order valence-electron chi connectivity index (χ2n) is 5.56. The van der Waals surface area contributed by atoms with E-state index in [-0.39, 0.29) is 0 Å². The third-order valence-corrected chi connectivity index (χ3v) is 3.97. The second-order valence-corrected chi connectivity index (χ2v) is 5.56. The standard InChI is InChI=1S/C20H22O/c1-2-3-4-9-14-21-20-18-12-7-5-10-16(18)15-17-11-6-8-13-19(17)20/h5-8,10-13,15H,2-4,9,14H2,1H3. The molecule has 0 amide bonds. The molecule has 21 heavy (non-hydrogen) atoms. The predicted octanol–water partition coefficient (Wildman–Crippen LogP) is 5.95. The fraction of sp³-hybridized carbons (Fsp3) is 0.300. The molecule has 0 heterocycles. The Kier molecular flexibility index (Phi) is 4.40. The monoisotopic (exact) mass is 278 g/mol. The normalized spacial score (nSPS) is 11.1.